The number of alkyl halides is 3. The summed E-state index contributed by atoms with van der Waals surface area (Å²) in [5, 5.41) is 14.8. The fourth-order valence-electron chi connectivity index (χ4n) is 6.49. The number of piperidine rings is 2. The number of nitrogens with one attached hydrogen (secondary N) is 1. The zero-order valence-corrected chi connectivity index (χ0v) is 23.8. The van der Waals surface area contributed by atoms with Gasteiger partial charge in [-0.1, -0.05) is 48.5 Å². The van der Waals surface area contributed by atoms with Crippen LogP contribution < -0.4 is 5.32 Å². The molecule has 228 valence electrons. The topological polar surface area (TPSA) is 82.5 Å². The maximum absolute atomic E-state index is 16.4. The molecule has 4 aromatic rings. The van der Waals surface area contributed by atoms with Gasteiger partial charge >= 0.3 is 6.18 Å². The first-order chi connectivity index (χ1) is 21.0. The summed E-state index contributed by atoms with van der Waals surface area (Å²) in [7, 11) is 0. The van der Waals surface area contributed by atoms with Gasteiger partial charge in [0.25, 0.3) is 0 Å². The molecule has 2 aliphatic rings. The van der Waals surface area contributed by atoms with E-state index >= 15 is 4.39 Å². The summed E-state index contributed by atoms with van der Waals surface area (Å²) in [6.45, 7) is 1.17. The number of aromatic nitrogens is 1. The van der Waals surface area contributed by atoms with Gasteiger partial charge in [-0.25, -0.2) is 4.39 Å². The number of amides is 2. The van der Waals surface area contributed by atoms with Crippen LogP contribution in [0.1, 0.15) is 53.0 Å². The van der Waals surface area contributed by atoms with E-state index in [0.717, 1.165) is 17.7 Å². The summed E-state index contributed by atoms with van der Waals surface area (Å²) in [4.78, 5) is 30.6. The van der Waals surface area contributed by atoms with Crippen molar-refractivity contribution >= 4 is 22.7 Å². The second-order valence-corrected chi connectivity index (χ2v) is 11.8. The Labute approximate surface area is 251 Å². The molecule has 3 atom stereocenters. The lowest BCUT2D eigenvalue weighted by atomic mass is 9.72. The number of carbonyl (C=O) groups excluding carboxylic acids is 2. The number of nitrogens with zero attached hydrogens (tertiary/aromatic N) is 2. The fraction of sp³-hybridized carbons (Fsp3) is 0.324. The molecule has 0 radical (unpaired) electrons. The van der Waals surface area contributed by atoms with Crippen molar-refractivity contribution in [1.29, 1.82) is 0 Å². The smallest absolute Gasteiger partial charge is 0.385 e. The lowest BCUT2D eigenvalue weighted by Crippen LogP contribution is -2.51. The van der Waals surface area contributed by atoms with Crippen molar-refractivity contribution in [2.45, 2.75) is 49.9 Å². The number of fused-ring (bicyclic) bond motifs is 1. The molecule has 3 aromatic carbocycles. The van der Waals surface area contributed by atoms with Crippen LogP contribution in [0.4, 0.5) is 17.6 Å². The normalized spacial score (nSPS) is 23.1. The minimum Gasteiger partial charge on any atom is -0.385 e. The number of likely N-dealkylation sites (tertiary alicyclic amines) is 1. The monoisotopic (exact) mass is 605 g/mol. The molecule has 2 amide bonds. The van der Waals surface area contributed by atoms with E-state index in [1.165, 1.54) is 18.3 Å². The maximum atomic E-state index is 16.4. The van der Waals surface area contributed by atoms with Crippen molar-refractivity contribution < 1.29 is 32.3 Å². The van der Waals surface area contributed by atoms with Gasteiger partial charge in [0, 0.05) is 49.1 Å². The Kier molecular flexibility index (Phi) is 7.98. The number of benzene rings is 3. The van der Waals surface area contributed by atoms with Gasteiger partial charge in [-0.05, 0) is 60.2 Å². The van der Waals surface area contributed by atoms with E-state index in [9.17, 15) is 27.9 Å². The molecule has 2 aliphatic heterocycles. The molecule has 0 saturated carbocycles. The summed E-state index contributed by atoms with van der Waals surface area (Å²) in [6, 6.07) is 19.5. The van der Waals surface area contributed by atoms with Gasteiger partial charge < -0.3 is 5.11 Å². The molecule has 1 aromatic heterocycles. The number of imide groups is 1. The van der Waals surface area contributed by atoms with Gasteiger partial charge in [0.15, 0.2) is 0 Å². The van der Waals surface area contributed by atoms with Crippen LogP contribution in [0.15, 0.2) is 79.0 Å². The molecule has 3 heterocycles. The minimum absolute atomic E-state index is 0.141. The fourth-order valence-corrected chi connectivity index (χ4v) is 6.49. The molecule has 1 unspecified atom stereocenters. The standard InChI is InChI=1S/C34H31F4N3O3/c35-31-27-17-23(26-10-13-30(42)40-32(26)43)18-39-29(27)12-11-28(31)33(44)14-15-41(20-25(33)16-21-4-2-1-3-5-21)19-22-6-8-24(9-7-22)34(36,37)38/h1-9,11-12,17-18,25-26,44H,10,13-16,19-20H2,(H,40,42,43)/t25-,26?,33+/m0/s1. The predicted octanol–water partition coefficient (Wildman–Crippen LogP) is 5.87. The van der Waals surface area contributed by atoms with Crippen molar-refractivity contribution in [3.63, 3.8) is 0 Å². The summed E-state index contributed by atoms with van der Waals surface area (Å²) in [5.74, 6) is -2.46. The molecular formula is C34H31F4N3O3. The average Bonchev–Trinajstić information content (AvgIpc) is 2.99. The Morgan fingerprint density at radius 2 is 1.75 bits per heavy atom. The van der Waals surface area contributed by atoms with Crippen LogP contribution >= 0.6 is 0 Å². The molecular weight excluding hydrogens is 574 g/mol. The number of halogens is 4. The molecule has 0 aliphatic carbocycles. The van der Waals surface area contributed by atoms with E-state index in [4.69, 9.17) is 0 Å². The highest BCUT2D eigenvalue weighted by molar-refractivity contribution is 6.01. The molecule has 6 rings (SSSR count). The minimum atomic E-state index is -4.41. The zero-order valence-electron chi connectivity index (χ0n) is 23.8. The first kappa shape index (κ1) is 29.9. The van der Waals surface area contributed by atoms with Gasteiger partial charge in [-0.3, -0.25) is 24.8 Å². The van der Waals surface area contributed by atoms with Gasteiger partial charge in [0.1, 0.15) is 5.82 Å². The first-order valence-electron chi connectivity index (χ1n) is 14.6. The Hall–Kier alpha value is -4.15. The highest BCUT2D eigenvalue weighted by Crippen LogP contribution is 2.42. The molecule has 44 heavy (non-hydrogen) atoms. The number of hydrogen-bond acceptors (Lipinski definition) is 5. The second kappa shape index (κ2) is 11.7. The molecule has 2 saturated heterocycles. The van der Waals surface area contributed by atoms with E-state index in [-0.39, 0.29) is 29.7 Å². The molecule has 2 fully saturated rings. The van der Waals surface area contributed by atoms with Gasteiger partial charge in [-0.2, -0.15) is 13.2 Å². The third-order valence-corrected chi connectivity index (χ3v) is 8.90. The van der Waals surface area contributed by atoms with E-state index in [1.54, 1.807) is 18.2 Å². The maximum Gasteiger partial charge on any atom is 0.416 e. The highest BCUT2D eigenvalue weighted by atomic mass is 19.4. The average molecular weight is 606 g/mol. The highest BCUT2D eigenvalue weighted by Gasteiger charge is 2.45. The van der Waals surface area contributed by atoms with Crippen LogP contribution in [-0.4, -0.2) is 39.9 Å². The third-order valence-electron chi connectivity index (χ3n) is 8.90. The zero-order chi connectivity index (χ0) is 31.1. The molecule has 6 nitrogen and oxygen atoms in total. The number of carbonyl (C=O) groups is 2. The number of aliphatic hydroxyl groups is 1. The molecule has 10 heteroatoms. The first-order valence-corrected chi connectivity index (χ1v) is 14.6. The molecule has 0 bridgehead atoms. The van der Waals surface area contributed by atoms with Crippen LogP contribution in [0.25, 0.3) is 10.9 Å². The summed E-state index contributed by atoms with van der Waals surface area (Å²) in [6.07, 6.45) is -1.75. The second-order valence-electron chi connectivity index (χ2n) is 11.8. The molecule has 0 spiro atoms. The Balaban J connectivity index is 1.31. The van der Waals surface area contributed by atoms with Crippen molar-refractivity contribution in [2.24, 2.45) is 5.92 Å². The quantitative estimate of drug-likeness (QED) is 0.213. The van der Waals surface area contributed by atoms with Crippen LogP contribution in [0.5, 0.6) is 0 Å². The van der Waals surface area contributed by atoms with Crippen molar-refractivity contribution in [3.05, 3.63) is 113 Å². The van der Waals surface area contributed by atoms with Crippen molar-refractivity contribution in [3.8, 4) is 0 Å². The molecule has 2 N–H and O–H groups in total. The lowest BCUT2D eigenvalue weighted by Gasteiger charge is -2.45. The van der Waals surface area contributed by atoms with Crippen molar-refractivity contribution in [1.82, 2.24) is 15.2 Å². The SMILES string of the molecule is O=C1CCC(c2cnc3ccc([C@@]4(O)CCN(Cc5ccc(C(F)(F)F)cc5)C[C@@H]4Cc4ccccc4)c(F)c3c2)C(=O)N1. The Morgan fingerprint density at radius 1 is 1.00 bits per heavy atom. The van der Waals surface area contributed by atoms with E-state index in [2.05, 4.69) is 15.2 Å². The number of pyridine rings is 1. The number of rotatable bonds is 6. The summed E-state index contributed by atoms with van der Waals surface area (Å²) < 4.78 is 55.6. The van der Waals surface area contributed by atoms with Crippen LogP contribution in [0.3, 0.4) is 0 Å². The van der Waals surface area contributed by atoms with E-state index in [0.29, 0.717) is 49.1 Å². The lowest BCUT2D eigenvalue weighted by molar-refractivity contribution is -0.138. The van der Waals surface area contributed by atoms with E-state index < -0.39 is 40.9 Å². The van der Waals surface area contributed by atoms with Crippen LogP contribution in [0.2, 0.25) is 0 Å². The van der Waals surface area contributed by atoms with E-state index in [1.807, 2.05) is 30.3 Å². The van der Waals surface area contributed by atoms with Crippen LogP contribution in [-0.2, 0) is 34.3 Å². The Bertz CT molecular complexity index is 1690. The van der Waals surface area contributed by atoms with Gasteiger partial charge in [0.05, 0.1) is 22.6 Å². The van der Waals surface area contributed by atoms with Crippen molar-refractivity contribution in [2.75, 3.05) is 13.1 Å². The van der Waals surface area contributed by atoms with Gasteiger partial charge in [-0.15, -0.1) is 0 Å². The Morgan fingerprint density at radius 3 is 2.45 bits per heavy atom. The largest absolute Gasteiger partial charge is 0.416 e. The summed E-state index contributed by atoms with van der Waals surface area (Å²) in [5.41, 5.74) is 0.444. The van der Waals surface area contributed by atoms with Gasteiger partial charge in [0.2, 0.25) is 11.8 Å². The van der Waals surface area contributed by atoms with Crippen LogP contribution in [0, 0.1) is 11.7 Å². The third kappa shape index (κ3) is 5.96. The predicted molar refractivity (Wildman–Crippen MR) is 156 cm³/mol. The number of hydrogen-bond donors (Lipinski definition) is 2. The summed E-state index contributed by atoms with van der Waals surface area (Å²) >= 11 is 0.